The fourth-order valence-corrected chi connectivity index (χ4v) is 3.49. The van der Waals surface area contributed by atoms with Gasteiger partial charge in [0, 0.05) is 24.9 Å². The minimum Gasteiger partial charge on any atom is -0.334 e. The number of amides is 1. The third-order valence-electron chi connectivity index (χ3n) is 5.04. The van der Waals surface area contributed by atoms with Gasteiger partial charge >= 0.3 is 0 Å². The summed E-state index contributed by atoms with van der Waals surface area (Å²) in [4.78, 5) is 28.0. The quantitative estimate of drug-likeness (QED) is 0.873. The second kappa shape index (κ2) is 5.76. The number of carbonyl (C=O) groups is 1. The Morgan fingerprint density at radius 1 is 1.22 bits per heavy atom. The molecule has 4 rings (SSSR count). The topological polar surface area (TPSA) is 63.9 Å². The van der Waals surface area contributed by atoms with Crippen molar-refractivity contribution in [1.82, 2.24) is 24.4 Å². The van der Waals surface area contributed by atoms with Crippen LogP contribution in [0.3, 0.4) is 0 Å². The molecule has 2 aromatic heterocycles. The van der Waals surface area contributed by atoms with Crippen LogP contribution in [0.5, 0.6) is 0 Å². The van der Waals surface area contributed by atoms with Gasteiger partial charge in [0.25, 0.3) is 0 Å². The third-order valence-corrected chi connectivity index (χ3v) is 5.04. The van der Waals surface area contributed by atoms with E-state index in [1.54, 1.807) is 18.6 Å². The summed E-state index contributed by atoms with van der Waals surface area (Å²) in [6.07, 6.45) is 12.5. The smallest absolute Gasteiger partial charge is 0.226 e. The second-order valence-corrected chi connectivity index (χ2v) is 6.46. The van der Waals surface area contributed by atoms with Crippen molar-refractivity contribution in [3.63, 3.8) is 0 Å². The van der Waals surface area contributed by atoms with Crippen LogP contribution in [0, 0.1) is 12.8 Å². The molecule has 1 amide bonds. The molecule has 1 unspecified atom stereocenters. The number of carbonyl (C=O) groups excluding carboxylic acids is 1. The van der Waals surface area contributed by atoms with Crippen LogP contribution in [0.15, 0.2) is 24.8 Å². The van der Waals surface area contributed by atoms with Crippen molar-refractivity contribution in [3.8, 4) is 5.82 Å². The standard InChI is InChI=1S/C17H21N5O/c1-12-19-7-9-21(12)16-11-18-10-14(20-16)15-6-3-8-22(15)17(23)13-4-2-5-13/h7,9-11,13,15H,2-6,8H2,1H3. The molecule has 1 saturated heterocycles. The second-order valence-electron chi connectivity index (χ2n) is 6.46. The lowest BCUT2D eigenvalue weighted by atomic mass is 9.84. The van der Waals surface area contributed by atoms with Gasteiger partial charge in [0.15, 0.2) is 5.82 Å². The first kappa shape index (κ1) is 14.4. The van der Waals surface area contributed by atoms with Gasteiger partial charge in [0.1, 0.15) is 5.82 Å². The summed E-state index contributed by atoms with van der Waals surface area (Å²) in [5.41, 5.74) is 0.890. The van der Waals surface area contributed by atoms with Crippen molar-refractivity contribution in [2.24, 2.45) is 5.92 Å². The average molecular weight is 311 g/mol. The normalized spacial score (nSPS) is 21.4. The highest BCUT2D eigenvalue weighted by atomic mass is 16.2. The molecule has 1 aliphatic carbocycles. The SMILES string of the molecule is Cc1nccn1-c1cncc(C2CCCN2C(=O)C2CCC2)n1. The number of likely N-dealkylation sites (tertiary alicyclic amines) is 1. The van der Waals surface area contributed by atoms with Gasteiger partial charge in [0.2, 0.25) is 5.91 Å². The van der Waals surface area contributed by atoms with E-state index in [-0.39, 0.29) is 12.0 Å². The van der Waals surface area contributed by atoms with Gasteiger partial charge in [-0.2, -0.15) is 0 Å². The van der Waals surface area contributed by atoms with Gasteiger partial charge in [-0.15, -0.1) is 0 Å². The van der Waals surface area contributed by atoms with Crippen molar-refractivity contribution < 1.29 is 4.79 Å². The maximum atomic E-state index is 12.6. The average Bonchev–Trinajstić information content (AvgIpc) is 3.14. The number of hydrogen-bond donors (Lipinski definition) is 0. The van der Waals surface area contributed by atoms with Gasteiger partial charge in [-0.25, -0.2) is 9.97 Å². The highest BCUT2D eigenvalue weighted by molar-refractivity contribution is 5.80. The highest BCUT2D eigenvalue weighted by Gasteiger charge is 2.37. The molecule has 0 N–H and O–H groups in total. The van der Waals surface area contributed by atoms with E-state index in [9.17, 15) is 4.79 Å². The molecular weight excluding hydrogens is 290 g/mol. The van der Waals surface area contributed by atoms with E-state index < -0.39 is 0 Å². The fourth-order valence-electron chi connectivity index (χ4n) is 3.49. The molecule has 120 valence electrons. The molecule has 0 aromatic carbocycles. The minimum absolute atomic E-state index is 0.0689. The van der Waals surface area contributed by atoms with E-state index in [0.29, 0.717) is 5.91 Å². The van der Waals surface area contributed by atoms with Gasteiger partial charge in [-0.1, -0.05) is 6.42 Å². The molecule has 23 heavy (non-hydrogen) atoms. The lowest BCUT2D eigenvalue weighted by molar-refractivity contribution is -0.139. The van der Waals surface area contributed by atoms with Crippen LogP contribution in [0.1, 0.15) is 49.7 Å². The number of aromatic nitrogens is 4. The molecule has 0 radical (unpaired) electrons. The molecule has 0 bridgehead atoms. The van der Waals surface area contributed by atoms with Crippen molar-refractivity contribution >= 4 is 5.91 Å². The number of imidazole rings is 1. The predicted molar refractivity (Wildman–Crippen MR) is 84.9 cm³/mol. The van der Waals surface area contributed by atoms with Crippen LogP contribution in [0.2, 0.25) is 0 Å². The highest BCUT2D eigenvalue weighted by Crippen LogP contribution is 2.36. The summed E-state index contributed by atoms with van der Waals surface area (Å²) >= 11 is 0. The van der Waals surface area contributed by atoms with Gasteiger partial charge in [-0.05, 0) is 32.6 Å². The Labute approximate surface area is 135 Å². The third kappa shape index (κ3) is 2.52. The number of nitrogens with zero attached hydrogens (tertiary/aromatic N) is 5. The van der Waals surface area contributed by atoms with E-state index in [2.05, 4.69) is 9.97 Å². The molecule has 6 nitrogen and oxygen atoms in total. The minimum atomic E-state index is 0.0689. The Kier molecular flexibility index (Phi) is 3.59. The summed E-state index contributed by atoms with van der Waals surface area (Å²) in [6, 6.07) is 0.0689. The van der Waals surface area contributed by atoms with E-state index in [0.717, 1.165) is 49.6 Å². The van der Waals surface area contributed by atoms with Gasteiger partial charge in [-0.3, -0.25) is 14.3 Å². The zero-order chi connectivity index (χ0) is 15.8. The lowest BCUT2D eigenvalue weighted by Gasteiger charge is -2.32. The predicted octanol–water partition coefficient (Wildman–Crippen LogP) is 2.43. The first-order valence-corrected chi connectivity index (χ1v) is 8.37. The van der Waals surface area contributed by atoms with Crippen LogP contribution in [0.4, 0.5) is 0 Å². The van der Waals surface area contributed by atoms with E-state index in [1.807, 2.05) is 22.6 Å². The summed E-state index contributed by atoms with van der Waals surface area (Å²) in [7, 11) is 0. The summed E-state index contributed by atoms with van der Waals surface area (Å²) < 4.78 is 1.92. The molecule has 3 heterocycles. The Morgan fingerprint density at radius 3 is 2.78 bits per heavy atom. The van der Waals surface area contributed by atoms with Crippen LogP contribution < -0.4 is 0 Å². The maximum Gasteiger partial charge on any atom is 0.226 e. The zero-order valence-corrected chi connectivity index (χ0v) is 13.4. The molecule has 2 fully saturated rings. The molecule has 6 heteroatoms. The number of hydrogen-bond acceptors (Lipinski definition) is 4. The van der Waals surface area contributed by atoms with E-state index in [1.165, 1.54) is 6.42 Å². The molecule has 1 saturated carbocycles. The first-order valence-electron chi connectivity index (χ1n) is 8.37. The van der Waals surface area contributed by atoms with Crippen LogP contribution >= 0.6 is 0 Å². The summed E-state index contributed by atoms with van der Waals surface area (Å²) in [6.45, 7) is 2.78. The van der Waals surface area contributed by atoms with Crippen LogP contribution in [-0.2, 0) is 4.79 Å². The number of rotatable bonds is 3. The molecule has 1 atom stereocenters. The molecule has 0 spiro atoms. The Morgan fingerprint density at radius 2 is 2.09 bits per heavy atom. The van der Waals surface area contributed by atoms with Crippen molar-refractivity contribution in [3.05, 3.63) is 36.3 Å². The molecule has 2 aliphatic rings. The van der Waals surface area contributed by atoms with Crippen LogP contribution in [0.25, 0.3) is 5.82 Å². The Bertz CT molecular complexity index is 721. The van der Waals surface area contributed by atoms with Crippen molar-refractivity contribution in [2.75, 3.05) is 6.54 Å². The summed E-state index contributed by atoms with van der Waals surface area (Å²) in [5.74, 6) is 2.19. The maximum absolute atomic E-state index is 12.6. The molecular formula is C17H21N5O. The Balaban J connectivity index is 1.62. The van der Waals surface area contributed by atoms with Crippen molar-refractivity contribution in [2.45, 2.75) is 45.1 Å². The van der Waals surface area contributed by atoms with E-state index >= 15 is 0 Å². The van der Waals surface area contributed by atoms with E-state index in [4.69, 9.17) is 4.98 Å². The molecule has 1 aliphatic heterocycles. The molecule has 2 aromatic rings. The monoisotopic (exact) mass is 311 g/mol. The Hall–Kier alpha value is -2.24. The summed E-state index contributed by atoms with van der Waals surface area (Å²) in [5, 5.41) is 0. The first-order chi connectivity index (χ1) is 11.2. The van der Waals surface area contributed by atoms with Gasteiger partial charge in [0.05, 0.1) is 24.1 Å². The fraction of sp³-hybridized carbons (Fsp3) is 0.529. The number of aryl methyl sites for hydroxylation is 1. The zero-order valence-electron chi connectivity index (χ0n) is 13.4. The van der Waals surface area contributed by atoms with Gasteiger partial charge < -0.3 is 4.90 Å². The largest absolute Gasteiger partial charge is 0.334 e. The van der Waals surface area contributed by atoms with Crippen molar-refractivity contribution in [1.29, 1.82) is 0 Å². The van der Waals surface area contributed by atoms with Crippen LogP contribution in [-0.4, -0.2) is 36.9 Å². The lowest BCUT2D eigenvalue weighted by Crippen LogP contribution is -2.38.